The summed E-state index contributed by atoms with van der Waals surface area (Å²) in [5, 5.41) is 6.00. The molecule has 2 amide bonds. The van der Waals surface area contributed by atoms with E-state index >= 15 is 0 Å². The smallest absolute Gasteiger partial charge is 0.319 e. The Morgan fingerprint density at radius 3 is 2.43 bits per heavy atom. The van der Waals surface area contributed by atoms with Crippen LogP contribution in [0.2, 0.25) is 0 Å². The highest BCUT2D eigenvalue weighted by atomic mass is 79.9. The van der Waals surface area contributed by atoms with Crippen molar-refractivity contribution in [2.75, 3.05) is 12.4 Å². The molecule has 2 aromatic rings. The third-order valence-electron chi connectivity index (χ3n) is 4.16. The number of benzene rings is 2. The number of carbonyl (C=O) groups is 1. The molecule has 5 heteroatoms. The summed E-state index contributed by atoms with van der Waals surface area (Å²) in [5.74, 6) is 0.819. The van der Waals surface area contributed by atoms with Crippen LogP contribution in [0.15, 0.2) is 46.9 Å². The number of halogens is 1. The van der Waals surface area contributed by atoms with Crippen LogP contribution in [0.4, 0.5) is 10.5 Å². The van der Waals surface area contributed by atoms with Gasteiger partial charge in [-0.15, -0.1) is 0 Å². The summed E-state index contributed by atoms with van der Waals surface area (Å²) in [7, 11) is 1.65. The second-order valence-corrected chi connectivity index (χ2v) is 6.71. The van der Waals surface area contributed by atoms with E-state index in [4.69, 9.17) is 4.74 Å². The standard InChI is InChI=1S/C18H19BrN2O2/c1-12-11-14(5-8-16(12)19)20-17(22)21-18(9-10-18)13-3-6-15(23-2)7-4-13/h3-8,11H,9-10H2,1-2H3,(H2,20,21,22). The minimum Gasteiger partial charge on any atom is -0.497 e. The maximum atomic E-state index is 12.3. The Morgan fingerprint density at radius 2 is 1.87 bits per heavy atom. The quantitative estimate of drug-likeness (QED) is 0.822. The lowest BCUT2D eigenvalue weighted by atomic mass is 10.1. The fraction of sp³-hybridized carbons (Fsp3) is 0.278. The van der Waals surface area contributed by atoms with Crippen molar-refractivity contribution in [1.29, 1.82) is 0 Å². The van der Waals surface area contributed by atoms with Crippen LogP contribution >= 0.6 is 15.9 Å². The minimum atomic E-state index is -0.249. The first-order valence-corrected chi connectivity index (χ1v) is 8.31. The summed E-state index contributed by atoms with van der Waals surface area (Å²) < 4.78 is 6.21. The van der Waals surface area contributed by atoms with Crippen LogP contribution < -0.4 is 15.4 Å². The first-order chi connectivity index (χ1) is 11.0. The van der Waals surface area contributed by atoms with Crippen molar-refractivity contribution >= 4 is 27.6 Å². The topological polar surface area (TPSA) is 50.4 Å². The van der Waals surface area contributed by atoms with Crippen LogP contribution in [0.1, 0.15) is 24.0 Å². The van der Waals surface area contributed by atoms with Gasteiger partial charge in [0.15, 0.2) is 0 Å². The molecule has 0 aliphatic heterocycles. The van der Waals surface area contributed by atoms with Crippen molar-refractivity contribution in [3.63, 3.8) is 0 Å². The molecule has 2 N–H and O–H groups in total. The Kier molecular flexibility index (Phi) is 4.31. The highest BCUT2D eigenvalue weighted by molar-refractivity contribution is 9.10. The second-order valence-electron chi connectivity index (χ2n) is 5.85. The number of methoxy groups -OCH3 is 1. The number of ether oxygens (including phenoxy) is 1. The lowest BCUT2D eigenvalue weighted by Gasteiger charge is -2.19. The van der Waals surface area contributed by atoms with Gasteiger partial charge in [0.25, 0.3) is 0 Å². The third kappa shape index (κ3) is 3.50. The van der Waals surface area contributed by atoms with E-state index in [1.807, 2.05) is 49.4 Å². The zero-order chi connectivity index (χ0) is 16.4. The highest BCUT2D eigenvalue weighted by Gasteiger charge is 2.45. The van der Waals surface area contributed by atoms with Gasteiger partial charge in [-0.3, -0.25) is 0 Å². The molecule has 1 saturated carbocycles. The Morgan fingerprint density at radius 1 is 1.17 bits per heavy atom. The zero-order valence-electron chi connectivity index (χ0n) is 13.2. The lowest BCUT2D eigenvalue weighted by molar-refractivity contribution is 0.247. The van der Waals surface area contributed by atoms with Gasteiger partial charge in [0.2, 0.25) is 0 Å². The molecule has 0 bridgehead atoms. The Labute approximate surface area is 144 Å². The molecule has 1 aliphatic rings. The molecule has 3 rings (SSSR count). The van der Waals surface area contributed by atoms with E-state index in [9.17, 15) is 4.79 Å². The number of amides is 2. The fourth-order valence-electron chi connectivity index (χ4n) is 2.62. The molecule has 0 unspecified atom stereocenters. The molecule has 120 valence electrons. The van der Waals surface area contributed by atoms with Gasteiger partial charge in [-0.2, -0.15) is 0 Å². The maximum absolute atomic E-state index is 12.3. The average Bonchev–Trinajstić information content (AvgIpc) is 3.31. The molecular weight excluding hydrogens is 356 g/mol. The number of nitrogens with one attached hydrogen (secondary N) is 2. The molecule has 0 radical (unpaired) electrons. The largest absolute Gasteiger partial charge is 0.497 e. The summed E-state index contributed by atoms with van der Waals surface area (Å²) in [6, 6.07) is 13.4. The van der Waals surface area contributed by atoms with E-state index in [1.165, 1.54) is 0 Å². The van der Waals surface area contributed by atoms with Gasteiger partial charge in [0, 0.05) is 10.2 Å². The van der Waals surface area contributed by atoms with Crippen LogP contribution in [0.5, 0.6) is 5.75 Å². The van der Waals surface area contributed by atoms with Crippen LogP contribution in [0.3, 0.4) is 0 Å². The van der Waals surface area contributed by atoms with Crippen molar-refractivity contribution in [2.24, 2.45) is 0 Å². The van der Waals surface area contributed by atoms with Crippen molar-refractivity contribution in [2.45, 2.75) is 25.3 Å². The van der Waals surface area contributed by atoms with E-state index in [0.717, 1.165) is 39.9 Å². The van der Waals surface area contributed by atoms with Gasteiger partial charge in [-0.1, -0.05) is 28.1 Å². The summed E-state index contributed by atoms with van der Waals surface area (Å²) >= 11 is 3.46. The van der Waals surface area contributed by atoms with Gasteiger partial charge >= 0.3 is 6.03 Å². The Balaban J connectivity index is 1.67. The molecule has 2 aromatic carbocycles. The molecular formula is C18H19BrN2O2. The molecule has 0 heterocycles. The number of urea groups is 1. The van der Waals surface area contributed by atoms with Crippen LogP contribution in [0, 0.1) is 6.92 Å². The van der Waals surface area contributed by atoms with Crippen LogP contribution in [-0.2, 0) is 5.54 Å². The Bertz CT molecular complexity index is 724. The number of hydrogen-bond acceptors (Lipinski definition) is 2. The second kappa shape index (κ2) is 6.24. The molecule has 0 aromatic heterocycles. The number of aryl methyl sites for hydroxylation is 1. The van der Waals surface area contributed by atoms with Crippen molar-refractivity contribution in [3.05, 3.63) is 58.1 Å². The molecule has 23 heavy (non-hydrogen) atoms. The summed E-state index contributed by atoms with van der Waals surface area (Å²) in [5.41, 5.74) is 2.73. The normalized spacial score (nSPS) is 14.9. The van der Waals surface area contributed by atoms with Crippen LogP contribution in [-0.4, -0.2) is 13.1 Å². The van der Waals surface area contributed by atoms with Crippen molar-refractivity contribution < 1.29 is 9.53 Å². The van der Waals surface area contributed by atoms with E-state index in [1.54, 1.807) is 7.11 Å². The van der Waals surface area contributed by atoms with E-state index in [0.29, 0.717) is 0 Å². The number of hydrogen-bond donors (Lipinski definition) is 2. The maximum Gasteiger partial charge on any atom is 0.319 e. The monoisotopic (exact) mass is 374 g/mol. The first-order valence-electron chi connectivity index (χ1n) is 7.52. The van der Waals surface area contributed by atoms with E-state index in [2.05, 4.69) is 26.6 Å². The predicted molar refractivity (Wildman–Crippen MR) is 94.9 cm³/mol. The number of carbonyl (C=O) groups excluding carboxylic acids is 1. The number of anilines is 1. The SMILES string of the molecule is COc1ccc(C2(NC(=O)Nc3ccc(Br)c(C)c3)CC2)cc1. The van der Waals surface area contributed by atoms with Crippen molar-refractivity contribution in [3.8, 4) is 5.75 Å². The molecule has 0 saturated heterocycles. The fourth-order valence-corrected chi connectivity index (χ4v) is 2.87. The number of rotatable bonds is 4. The average molecular weight is 375 g/mol. The van der Waals surface area contributed by atoms with E-state index in [-0.39, 0.29) is 11.6 Å². The van der Waals surface area contributed by atoms with Gasteiger partial charge in [-0.05, 0) is 61.2 Å². The molecule has 4 nitrogen and oxygen atoms in total. The summed E-state index contributed by atoms with van der Waals surface area (Å²) in [6.45, 7) is 1.99. The molecule has 0 spiro atoms. The summed E-state index contributed by atoms with van der Waals surface area (Å²) in [6.07, 6.45) is 1.90. The van der Waals surface area contributed by atoms with Gasteiger partial charge in [-0.25, -0.2) is 4.79 Å². The molecule has 1 fully saturated rings. The molecule has 1 aliphatic carbocycles. The summed E-state index contributed by atoms with van der Waals surface area (Å²) in [4.78, 5) is 12.3. The molecule has 0 atom stereocenters. The van der Waals surface area contributed by atoms with Gasteiger partial charge in [0.1, 0.15) is 5.75 Å². The van der Waals surface area contributed by atoms with Gasteiger partial charge < -0.3 is 15.4 Å². The van der Waals surface area contributed by atoms with Crippen molar-refractivity contribution in [1.82, 2.24) is 5.32 Å². The lowest BCUT2D eigenvalue weighted by Crippen LogP contribution is -2.38. The zero-order valence-corrected chi connectivity index (χ0v) is 14.7. The predicted octanol–water partition coefficient (Wildman–Crippen LogP) is 4.58. The van der Waals surface area contributed by atoms with E-state index < -0.39 is 0 Å². The Hall–Kier alpha value is -2.01. The van der Waals surface area contributed by atoms with Gasteiger partial charge in [0.05, 0.1) is 12.6 Å². The highest BCUT2D eigenvalue weighted by Crippen LogP contribution is 2.45. The third-order valence-corrected chi connectivity index (χ3v) is 5.05. The minimum absolute atomic E-state index is 0.181. The van der Waals surface area contributed by atoms with Crippen LogP contribution in [0.25, 0.3) is 0 Å². The first kappa shape index (κ1) is 15.9.